The van der Waals surface area contributed by atoms with E-state index in [1.807, 2.05) is 0 Å². The van der Waals surface area contributed by atoms with Gasteiger partial charge in [-0.3, -0.25) is 4.79 Å². The summed E-state index contributed by atoms with van der Waals surface area (Å²) in [4.78, 5) is 11.0. The van der Waals surface area contributed by atoms with Gasteiger partial charge in [-0.2, -0.15) is 13.2 Å². The van der Waals surface area contributed by atoms with E-state index in [0.29, 0.717) is 0 Å². The lowest BCUT2D eigenvalue weighted by molar-refractivity contribution is -0.138. The predicted molar refractivity (Wildman–Crippen MR) is 70.7 cm³/mol. The van der Waals surface area contributed by atoms with E-state index in [-0.39, 0.29) is 5.56 Å². The number of ether oxygens (including phenoxy) is 1. The van der Waals surface area contributed by atoms with Crippen LogP contribution in [0.3, 0.4) is 0 Å². The highest BCUT2D eigenvalue weighted by atomic mass is 19.4. The average Bonchev–Trinajstić information content (AvgIpc) is 2.45. The van der Waals surface area contributed by atoms with Crippen LogP contribution in [0, 0.1) is 11.6 Å². The molecule has 0 aromatic heterocycles. The van der Waals surface area contributed by atoms with Gasteiger partial charge in [0.15, 0.2) is 11.6 Å². The number of halogens is 5. The quantitative estimate of drug-likeness (QED) is 0.869. The van der Waals surface area contributed by atoms with Crippen LogP contribution in [-0.4, -0.2) is 5.91 Å². The van der Waals surface area contributed by atoms with Gasteiger partial charge in [0.1, 0.15) is 18.0 Å². The maximum absolute atomic E-state index is 13.9. The minimum absolute atomic E-state index is 0.232. The standard InChI is InChI=1S/C15H10F5NO2/c16-10-5-6-11(13(17)12(10)14(21)22)23-7-8-3-1-2-4-9(8)15(18,19)20/h1-6H,7H2,(H2,21,22). The van der Waals surface area contributed by atoms with Crippen molar-refractivity contribution in [3.05, 3.63) is 64.7 Å². The first kappa shape index (κ1) is 16.7. The molecule has 122 valence electrons. The number of amides is 1. The van der Waals surface area contributed by atoms with Crippen LogP contribution in [0.4, 0.5) is 22.0 Å². The molecule has 1 amide bonds. The third-order valence-electron chi connectivity index (χ3n) is 3.01. The van der Waals surface area contributed by atoms with Crippen molar-refractivity contribution in [2.75, 3.05) is 0 Å². The molecular formula is C15H10F5NO2. The Morgan fingerprint density at radius 2 is 1.74 bits per heavy atom. The minimum Gasteiger partial charge on any atom is -0.486 e. The molecule has 0 fully saturated rings. The monoisotopic (exact) mass is 331 g/mol. The van der Waals surface area contributed by atoms with Crippen molar-refractivity contribution in [2.45, 2.75) is 12.8 Å². The Morgan fingerprint density at radius 3 is 2.35 bits per heavy atom. The summed E-state index contributed by atoms with van der Waals surface area (Å²) in [5, 5.41) is 0. The highest BCUT2D eigenvalue weighted by molar-refractivity contribution is 5.93. The van der Waals surface area contributed by atoms with Gasteiger partial charge in [-0.1, -0.05) is 18.2 Å². The fourth-order valence-electron chi connectivity index (χ4n) is 1.95. The van der Waals surface area contributed by atoms with E-state index in [1.54, 1.807) is 0 Å². The second kappa shape index (κ2) is 6.23. The number of primary amides is 1. The van der Waals surface area contributed by atoms with Gasteiger partial charge in [-0.15, -0.1) is 0 Å². The lowest BCUT2D eigenvalue weighted by Crippen LogP contribution is -2.16. The van der Waals surface area contributed by atoms with Crippen molar-refractivity contribution in [3.8, 4) is 5.75 Å². The Bertz CT molecular complexity index is 743. The lowest BCUT2D eigenvalue weighted by Gasteiger charge is -2.14. The van der Waals surface area contributed by atoms with Gasteiger partial charge in [0.25, 0.3) is 5.91 Å². The van der Waals surface area contributed by atoms with Crippen molar-refractivity contribution < 1.29 is 31.5 Å². The average molecular weight is 331 g/mol. The second-order valence-electron chi connectivity index (χ2n) is 4.54. The van der Waals surface area contributed by atoms with E-state index in [9.17, 15) is 26.7 Å². The zero-order chi connectivity index (χ0) is 17.2. The molecule has 0 bridgehead atoms. The molecule has 0 aliphatic heterocycles. The molecule has 3 nitrogen and oxygen atoms in total. The fraction of sp³-hybridized carbons (Fsp3) is 0.133. The molecule has 2 rings (SSSR count). The molecule has 0 radical (unpaired) electrons. The van der Waals surface area contributed by atoms with Gasteiger partial charge < -0.3 is 10.5 Å². The number of nitrogens with two attached hydrogens (primary N) is 1. The lowest BCUT2D eigenvalue weighted by atomic mass is 10.1. The summed E-state index contributed by atoms with van der Waals surface area (Å²) in [6.07, 6.45) is -4.60. The summed E-state index contributed by atoms with van der Waals surface area (Å²) in [5.41, 5.74) is 2.68. The summed E-state index contributed by atoms with van der Waals surface area (Å²) < 4.78 is 70.7. The molecule has 0 heterocycles. The molecule has 8 heteroatoms. The number of benzene rings is 2. The van der Waals surface area contributed by atoms with Gasteiger partial charge in [0, 0.05) is 5.56 Å². The van der Waals surface area contributed by atoms with Gasteiger partial charge in [-0.25, -0.2) is 8.78 Å². The van der Waals surface area contributed by atoms with E-state index in [0.717, 1.165) is 18.2 Å². The predicted octanol–water partition coefficient (Wildman–Crippen LogP) is 3.66. The smallest absolute Gasteiger partial charge is 0.416 e. The van der Waals surface area contributed by atoms with Crippen LogP contribution >= 0.6 is 0 Å². The Balaban J connectivity index is 2.30. The van der Waals surface area contributed by atoms with Crippen LogP contribution in [-0.2, 0) is 12.8 Å². The summed E-state index contributed by atoms with van der Waals surface area (Å²) in [7, 11) is 0. The molecule has 2 aromatic rings. The first-order valence-corrected chi connectivity index (χ1v) is 6.27. The number of alkyl halides is 3. The Kier molecular flexibility index (Phi) is 4.53. The summed E-state index contributed by atoms with van der Waals surface area (Å²) in [6.45, 7) is -0.615. The van der Waals surface area contributed by atoms with Crippen LogP contribution in [0.5, 0.6) is 5.75 Å². The van der Waals surface area contributed by atoms with Gasteiger partial charge in [0.2, 0.25) is 0 Å². The van der Waals surface area contributed by atoms with Crippen molar-refractivity contribution in [3.63, 3.8) is 0 Å². The van der Waals surface area contributed by atoms with Crippen molar-refractivity contribution in [2.24, 2.45) is 5.73 Å². The van der Waals surface area contributed by atoms with Crippen LogP contribution in [0.15, 0.2) is 36.4 Å². The first-order valence-electron chi connectivity index (χ1n) is 6.27. The molecule has 2 N–H and O–H groups in total. The van der Waals surface area contributed by atoms with E-state index >= 15 is 0 Å². The van der Waals surface area contributed by atoms with Crippen LogP contribution in [0.1, 0.15) is 21.5 Å². The van der Waals surface area contributed by atoms with Crippen molar-refractivity contribution in [1.29, 1.82) is 0 Å². The highest BCUT2D eigenvalue weighted by Gasteiger charge is 2.33. The van der Waals surface area contributed by atoms with E-state index in [1.165, 1.54) is 18.2 Å². The molecule has 0 aliphatic rings. The van der Waals surface area contributed by atoms with Crippen LogP contribution in [0.2, 0.25) is 0 Å². The Morgan fingerprint density at radius 1 is 1.09 bits per heavy atom. The molecular weight excluding hydrogens is 321 g/mol. The van der Waals surface area contributed by atoms with Crippen molar-refractivity contribution >= 4 is 5.91 Å². The maximum atomic E-state index is 13.9. The number of carbonyl (C=O) groups is 1. The topological polar surface area (TPSA) is 52.3 Å². The van der Waals surface area contributed by atoms with Crippen molar-refractivity contribution in [1.82, 2.24) is 0 Å². The molecule has 0 spiro atoms. The molecule has 0 saturated carbocycles. The Labute approximate surface area is 127 Å². The zero-order valence-electron chi connectivity index (χ0n) is 11.5. The summed E-state index contributed by atoms with van der Waals surface area (Å²) in [5.74, 6) is -4.46. The van der Waals surface area contributed by atoms with Gasteiger partial charge in [0.05, 0.1) is 5.56 Å². The molecule has 0 saturated heterocycles. The third-order valence-corrected chi connectivity index (χ3v) is 3.01. The minimum atomic E-state index is -4.60. The van der Waals surface area contributed by atoms with E-state index in [4.69, 9.17) is 10.5 Å². The van der Waals surface area contributed by atoms with E-state index < -0.39 is 47.2 Å². The molecule has 0 aliphatic carbocycles. The highest BCUT2D eigenvalue weighted by Crippen LogP contribution is 2.32. The zero-order valence-corrected chi connectivity index (χ0v) is 11.5. The SMILES string of the molecule is NC(=O)c1c(F)ccc(OCc2ccccc2C(F)(F)F)c1F. The maximum Gasteiger partial charge on any atom is 0.416 e. The normalized spacial score (nSPS) is 11.3. The van der Waals surface area contributed by atoms with Crippen LogP contribution < -0.4 is 10.5 Å². The third kappa shape index (κ3) is 3.58. The molecule has 0 atom stereocenters. The van der Waals surface area contributed by atoms with Gasteiger partial charge >= 0.3 is 6.18 Å². The van der Waals surface area contributed by atoms with Gasteiger partial charge in [-0.05, 0) is 18.2 Å². The summed E-state index contributed by atoms with van der Waals surface area (Å²) in [6, 6.07) is 6.20. The Hall–Kier alpha value is -2.64. The largest absolute Gasteiger partial charge is 0.486 e. The fourth-order valence-corrected chi connectivity index (χ4v) is 1.95. The molecule has 0 unspecified atom stereocenters. The number of hydrogen-bond donors (Lipinski definition) is 1. The first-order chi connectivity index (χ1) is 10.7. The molecule has 23 heavy (non-hydrogen) atoms. The second-order valence-corrected chi connectivity index (χ2v) is 4.54. The van der Waals surface area contributed by atoms with Crippen LogP contribution in [0.25, 0.3) is 0 Å². The summed E-state index contributed by atoms with van der Waals surface area (Å²) >= 11 is 0. The number of rotatable bonds is 4. The number of hydrogen-bond acceptors (Lipinski definition) is 2. The number of carbonyl (C=O) groups excluding carboxylic acids is 1. The molecule has 2 aromatic carbocycles. The van der Waals surface area contributed by atoms with E-state index in [2.05, 4.69) is 0 Å².